The van der Waals surface area contributed by atoms with Crippen LogP contribution < -0.4 is 4.90 Å². The number of halogens is 1. The minimum absolute atomic E-state index is 0. The lowest BCUT2D eigenvalue weighted by molar-refractivity contribution is 0.253. The number of hydrogen-bond acceptors (Lipinski definition) is 9. The number of anilines is 1. The van der Waals surface area contributed by atoms with Gasteiger partial charge in [0.1, 0.15) is 16.5 Å². The van der Waals surface area contributed by atoms with Crippen molar-refractivity contribution in [1.82, 2.24) is 30.0 Å². The third kappa shape index (κ3) is 3.87. The lowest BCUT2D eigenvalue weighted by atomic mass is 10.0. The minimum Gasteiger partial charge on any atom is -0.506 e. The van der Waals surface area contributed by atoms with Gasteiger partial charge in [-0.05, 0) is 39.0 Å². The highest BCUT2D eigenvalue weighted by Crippen LogP contribution is 2.39. The molecular formula is C19H22ClN7OS2. The summed E-state index contributed by atoms with van der Waals surface area (Å²) in [7, 11) is 4.30. The molecule has 0 radical (unpaired) electrons. The van der Waals surface area contributed by atoms with Gasteiger partial charge in [0.25, 0.3) is 0 Å². The van der Waals surface area contributed by atoms with Gasteiger partial charge in [-0.15, -0.1) is 12.4 Å². The Balaban J connectivity index is 0.00000218. The number of aromatic amines is 1. The fourth-order valence-corrected chi connectivity index (χ4v) is 5.68. The summed E-state index contributed by atoms with van der Waals surface area (Å²) in [5.41, 5.74) is 2.17. The molecule has 5 rings (SSSR count). The molecule has 0 aliphatic carbocycles. The molecule has 0 aromatic carbocycles. The van der Waals surface area contributed by atoms with Crippen molar-refractivity contribution in [3.05, 3.63) is 24.7 Å². The smallest absolute Gasteiger partial charge is 0.188 e. The van der Waals surface area contributed by atoms with Gasteiger partial charge in [0, 0.05) is 36.6 Å². The van der Waals surface area contributed by atoms with Gasteiger partial charge in [0.05, 0.1) is 6.20 Å². The molecule has 0 bridgehead atoms. The summed E-state index contributed by atoms with van der Waals surface area (Å²) in [6.45, 7) is 2.24. The molecule has 30 heavy (non-hydrogen) atoms. The van der Waals surface area contributed by atoms with E-state index in [1.54, 1.807) is 36.0 Å². The molecule has 0 unspecified atom stereocenters. The third-order valence-electron chi connectivity index (χ3n) is 5.40. The molecule has 158 valence electrons. The number of nitrogens with one attached hydrogen (secondary N) is 1. The van der Waals surface area contributed by atoms with E-state index in [1.807, 2.05) is 0 Å². The second-order valence-corrected chi connectivity index (χ2v) is 9.28. The summed E-state index contributed by atoms with van der Waals surface area (Å²) < 4.78 is 0. The molecule has 11 heteroatoms. The van der Waals surface area contributed by atoms with Crippen LogP contribution >= 0.6 is 35.1 Å². The number of pyridine rings is 1. The topological polar surface area (TPSA) is 94.1 Å². The first-order valence-electron chi connectivity index (χ1n) is 9.46. The zero-order valence-electron chi connectivity index (χ0n) is 16.6. The van der Waals surface area contributed by atoms with Crippen molar-refractivity contribution in [2.75, 3.05) is 32.1 Å². The number of piperidine rings is 1. The number of aromatic nitrogens is 5. The van der Waals surface area contributed by atoms with E-state index in [-0.39, 0.29) is 18.2 Å². The molecule has 2 N–H and O–H groups in total. The van der Waals surface area contributed by atoms with Crippen molar-refractivity contribution in [3.63, 3.8) is 0 Å². The number of nitrogens with zero attached hydrogens (tertiary/aromatic N) is 6. The molecule has 0 atom stereocenters. The Morgan fingerprint density at radius 3 is 2.57 bits per heavy atom. The Morgan fingerprint density at radius 2 is 1.90 bits per heavy atom. The molecular weight excluding hydrogens is 442 g/mol. The number of rotatable bonds is 4. The quantitative estimate of drug-likeness (QED) is 0.474. The normalized spacial score (nSPS) is 15.4. The SMILES string of the molecule is CN1CCC(N(C)c2nc3sc(-c4ncc(-c5cn[nH]c5)cc4O)nc3s2)CC1.Cl. The molecule has 0 amide bonds. The van der Waals surface area contributed by atoms with E-state index in [4.69, 9.17) is 9.97 Å². The van der Waals surface area contributed by atoms with Crippen LogP contribution in [0.25, 0.3) is 31.5 Å². The van der Waals surface area contributed by atoms with Crippen LogP contribution in [0.15, 0.2) is 24.7 Å². The molecule has 4 aromatic rings. The molecule has 5 heterocycles. The Labute approximate surface area is 188 Å². The van der Waals surface area contributed by atoms with Crippen molar-refractivity contribution in [3.8, 4) is 27.6 Å². The average Bonchev–Trinajstić information content (AvgIpc) is 3.44. The number of likely N-dealkylation sites (tertiary alicyclic amines) is 1. The fourth-order valence-electron chi connectivity index (χ4n) is 3.61. The predicted octanol–water partition coefficient (Wildman–Crippen LogP) is 3.86. The van der Waals surface area contributed by atoms with Crippen molar-refractivity contribution in [1.29, 1.82) is 0 Å². The highest BCUT2D eigenvalue weighted by molar-refractivity contribution is 7.29. The minimum atomic E-state index is 0. The molecule has 1 fully saturated rings. The van der Waals surface area contributed by atoms with Crippen molar-refractivity contribution >= 4 is 49.9 Å². The largest absolute Gasteiger partial charge is 0.506 e. The van der Waals surface area contributed by atoms with E-state index in [2.05, 4.69) is 39.1 Å². The summed E-state index contributed by atoms with van der Waals surface area (Å²) in [6, 6.07) is 2.21. The average molecular weight is 464 g/mol. The number of aromatic hydroxyl groups is 1. The predicted molar refractivity (Wildman–Crippen MR) is 124 cm³/mol. The van der Waals surface area contributed by atoms with Crippen LogP contribution in [0.2, 0.25) is 0 Å². The number of hydrogen-bond donors (Lipinski definition) is 2. The van der Waals surface area contributed by atoms with Gasteiger partial charge in [-0.3, -0.25) is 5.10 Å². The van der Waals surface area contributed by atoms with Crippen molar-refractivity contribution in [2.45, 2.75) is 18.9 Å². The fraction of sp³-hybridized carbons (Fsp3) is 0.368. The molecule has 0 saturated carbocycles. The van der Waals surface area contributed by atoms with Gasteiger partial charge < -0.3 is 14.9 Å². The van der Waals surface area contributed by atoms with Gasteiger partial charge >= 0.3 is 0 Å². The second kappa shape index (κ2) is 8.46. The van der Waals surface area contributed by atoms with Gasteiger partial charge in [0.15, 0.2) is 14.8 Å². The first-order valence-corrected chi connectivity index (χ1v) is 11.1. The lowest BCUT2D eigenvalue weighted by Crippen LogP contribution is -2.41. The van der Waals surface area contributed by atoms with Crippen LogP contribution in [0.5, 0.6) is 5.75 Å². The van der Waals surface area contributed by atoms with Crippen LogP contribution in [0.3, 0.4) is 0 Å². The summed E-state index contributed by atoms with van der Waals surface area (Å²) >= 11 is 3.07. The molecule has 1 aliphatic heterocycles. The van der Waals surface area contributed by atoms with Crippen LogP contribution in [0.4, 0.5) is 5.13 Å². The Hall–Kier alpha value is -2.27. The molecule has 8 nitrogen and oxygen atoms in total. The first kappa shape index (κ1) is 21.0. The van der Waals surface area contributed by atoms with Crippen molar-refractivity contribution < 1.29 is 5.11 Å². The van der Waals surface area contributed by atoms with E-state index in [0.29, 0.717) is 16.7 Å². The summed E-state index contributed by atoms with van der Waals surface area (Å²) in [4.78, 5) is 20.4. The Bertz CT molecular complexity index is 1100. The maximum absolute atomic E-state index is 10.5. The van der Waals surface area contributed by atoms with Gasteiger partial charge in [-0.25, -0.2) is 15.0 Å². The maximum Gasteiger partial charge on any atom is 0.188 e. The highest BCUT2D eigenvalue weighted by atomic mass is 35.5. The van der Waals surface area contributed by atoms with E-state index in [9.17, 15) is 5.11 Å². The second-order valence-electron chi connectivity index (χ2n) is 7.35. The molecule has 1 aliphatic rings. The third-order valence-corrected chi connectivity index (χ3v) is 7.53. The summed E-state index contributed by atoms with van der Waals surface area (Å²) in [6.07, 6.45) is 7.49. The van der Waals surface area contributed by atoms with Gasteiger partial charge in [-0.2, -0.15) is 5.10 Å². The first-order chi connectivity index (χ1) is 14.1. The number of thiazole rings is 2. The van der Waals surface area contributed by atoms with E-state index in [0.717, 1.165) is 51.9 Å². The van der Waals surface area contributed by atoms with Gasteiger partial charge in [0.2, 0.25) is 0 Å². The van der Waals surface area contributed by atoms with E-state index < -0.39 is 0 Å². The monoisotopic (exact) mass is 463 g/mol. The zero-order chi connectivity index (χ0) is 20.0. The van der Waals surface area contributed by atoms with Crippen molar-refractivity contribution in [2.24, 2.45) is 0 Å². The van der Waals surface area contributed by atoms with Crippen LogP contribution in [-0.4, -0.2) is 68.4 Å². The highest BCUT2D eigenvalue weighted by Gasteiger charge is 2.24. The standard InChI is InChI=1S/C19H21N7OS2.ClH/c1-25-5-3-13(4-6-25)26(2)19-24-18-17(29-19)23-16(28-18)15-14(27)7-11(8-20-15)12-9-21-22-10-12;/h7-10,13,27H,3-6H2,1-2H3,(H,21,22);1H. The van der Waals surface area contributed by atoms with Crippen LogP contribution in [0, 0.1) is 0 Å². The summed E-state index contributed by atoms with van der Waals surface area (Å²) in [5.74, 6) is 0.105. The number of fused-ring (bicyclic) bond motifs is 1. The molecule has 0 spiro atoms. The van der Waals surface area contributed by atoms with Crippen LogP contribution in [-0.2, 0) is 0 Å². The van der Waals surface area contributed by atoms with Gasteiger partial charge in [-0.1, -0.05) is 22.7 Å². The van der Waals surface area contributed by atoms with E-state index >= 15 is 0 Å². The molecule has 1 saturated heterocycles. The number of H-pyrrole nitrogens is 1. The maximum atomic E-state index is 10.5. The summed E-state index contributed by atoms with van der Waals surface area (Å²) in [5, 5.41) is 18.9. The zero-order valence-corrected chi connectivity index (χ0v) is 19.0. The molecule has 4 aromatic heterocycles. The lowest BCUT2D eigenvalue weighted by Gasteiger charge is -2.34. The Kier molecular flexibility index (Phi) is 5.92. The Morgan fingerprint density at radius 1 is 1.13 bits per heavy atom. The van der Waals surface area contributed by atoms with E-state index in [1.165, 1.54) is 11.3 Å². The van der Waals surface area contributed by atoms with Crippen LogP contribution in [0.1, 0.15) is 12.8 Å².